The van der Waals surface area contributed by atoms with Crippen molar-refractivity contribution in [2.24, 2.45) is 0 Å². The van der Waals surface area contributed by atoms with Crippen molar-refractivity contribution in [1.29, 1.82) is 0 Å². The number of amides is 1. The lowest BCUT2D eigenvalue weighted by Gasteiger charge is -2.21. The first-order chi connectivity index (χ1) is 8.58. The van der Waals surface area contributed by atoms with Crippen molar-refractivity contribution >= 4 is 34.9 Å². The van der Waals surface area contributed by atoms with Gasteiger partial charge in [-0.25, -0.2) is 0 Å². The minimum atomic E-state index is -0.423. The van der Waals surface area contributed by atoms with Crippen LogP contribution in [0.2, 0.25) is 10.4 Å². The second-order valence-electron chi connectivity index (χ2n) is 4.12. The molecule has 0 aliphatic carbocycles. The average molecular weight is 290 g/mol. The van der Waals surface area contributed by atoms with Crippen LogP contribution in [0, 0.1) is 0 Å². The fourth-order valence-electron chi connectivity index (χ4n) is 1.86. The van der Waals surface area contributed by atoms with Crippen LogP contribution < -0.4 is 5.32 Å². The molecular formula is C10H13Cl2N5O. The molecule has 1 saturated heterocycles. The molecule has 1 aliphatic heterocycles. The number of halogens is 2. The van der Waals surface area contributed by atoms with E-state index in [4.69, 9.17) is 23.2 Å². The molecule has 18 heavy (non-hydrogen) atoms. The third-order valence-corrected chi connectivity index (χ3v) is 3.18. The molecule has 0 radical (unpaired) electrons. The van der Waals surface area contributed by atoms with E-state index in [9.17, 15) is 4.79 Å². The van der Waals surface area contributed by atoms with Gasteiger partial charge in [-0.05, 0) is 31.4 Å². The Morgan fingerprint density at radius 2 is 2.00 bits per heavy atom. The molecule has 8 heteroatoms. The summed E-state index contributed by atoms with van der Waals surface area (Å²) < 4.78 is 0. The summed E-state index contributed by atoms with van der Waals surface area (Å²) >= 11 is 11.5. The fourth-order valence-corrected chi connectivity index (χ4v) is 2.12. The Morgan fingerprint density at radius 1 is 1.33 bits per heavy atom. The van der Waals surface area contributed by atoms with E-state index in [0.717, 1.165) is 25.9 Å². The van der Waals surface area contributed by atoms with Gasteiger partial charge in [-0.3, -0.25) is 4.79 Å². The summed E-state index contributed by atoms with van der Waals surface area (Å²) in [4.78, 5) is 17.8. The smallest absolute Gasteiger partial charge is 0.245 e. The van der Waals surface area contributed by atoms with Crippen LogP contribution in [0.3, 0.4) is 0 Å². The van der Waals surface area contributed by atoms with Crippen molar-refractivity contribution in [2.75, 3.05) is 18.4 Å². The Kier molecular flexibility index (Phi) is 4.19. The molecule has 98 valence electrons. The highest BCUT2D eigenvalue weighted by Crippen LogP contribution is 2.18. The Bertz CT molecular complexity index is 450. The maximum atomic E-state index is 12.1. The first-order valence-electron chi connectivity index (χ1n) is 5.69. The third kappa shape index (κ3) is 3.00. The Hall–Kier alpha value is -1.14. The highest BCUT2D eigenvalue weighted by molar-refractivity contribution is 6.32. The summed E-state index contributed by atoms with van der Waals surface area (Å²) in [5.41, 5.74) is 0. The highest BCUT2D eigenvalue weighted by Gasteiger charge is 2.24. The molecule has 1 unspecified atom stereocenters. The number of nitrogens with one attached hydrogen (secondary N) is 1. The summed E-state index contributed by atoms with van der Waals surface area (Å²) in [7, 11) is 0. The van der Waals surface area contributed by atoms with Gasteiger partial charge in [0.25, 0.3) is 0 Å². The van der Waals surface area contributed by atoms with Crippen LogP contribution in [0.1, 0.15) is 19.8 Å². The zero-order valence-corrected chi connectivity index (χ0v) is 11.4. The van der Waals surface area contributed by atoms with Crippen LogP contribution in [0.25, 0.3) is 0 Å². The summed E-state index contributed by atoms with van der Waals surface area (Å²) in [6.07, 6.45) is 2.11. The van der Waals surface area contributed by atoms with Gasteiger partial charge in [-0.15, -0.1) is 10.2 Å². The largest absolute Gasteiger partial charge is 0.356 e. The van der Waals surface area contributed by atoms with Crippen LogP contribution in [0.15, 0.2) is 0 Å². The molecule has 0 aromatic carbocycles. The maximum Gasteiger partial charge on any atom is 0.245 e. The molecule has 1 amide bonds. The number of carbonyl (C=O) groups excluding carboxylic acids is 1. The van der Waals surface area contributed by atoms with Crippen molar-refractivity contribution in [2.45, 2.75) is 25.8 Å². The quantitative estimate of drug-likeness (QED) is 0.915. The van der Waals surface area contributed by atoms with Gasteiger partial charge in [-0.2, -0.15) is 4.98 Å². The predicted octanol–water partition coefficient (Wildman–Crippen LogP) is 1.60. The Balaban J connectivity index is 2.03. The van der Waals surface area contributed by atoms with Gasteiger partial charge in [0.1, 0.15) is 6.04 Å². The zero-order chi connectivity index (χ0) is 13.1. The maximum absolute atomic E-state index is 12.1. The fraction of sp³-hybridized carbons (Fsp3) is 0.600. The summed E-state index contributed by atoms with van der Waals surface area (Å²) in [6, 6.07) is -0.423. The van der Waals surface area contributed by atoms with E-state index >= 15 is 0 Å². The van der Waals surface area contributed by atoms with Gasteiger partial charge in [0.05, 0.1) is 0 Å². The van der Waals surface area contributed by atoms with Crippen molar-refractivity contribution in [3.63, 3.8) is 0 Å². The van der Waals surface area contributed by atoms with Crippen LogP contribution in [0.5, 0.6) is 0 Å². The molecule has 1 fully saturated rings. The van der Waals surface area contributed by atoms with Crippen molar-refractivity contribution in [3.8, 4) is 0 Å². The van der Waals surface area contributed by atoms with Gasteiger partial charge >= 0.3 is 0 Å². The highest BCUT2D eigenvalue weighted by atomic mass is 35.5. The molecule has 0 bridgehead atoms. The van der Waals surface area contributed by atoms with E-state index in [1.165, 1.54) is 0 Å². The van der Waals surface area contributed by atoms with E-state index < -0.39 is 6.04 Å². The molecule has 2 heterocycles. The predicted molar refractivity (Wildman–Crippen MR) is 68.7 cm³/mol. The van der Waals surface area contributed by atoms with Gasteiger partial charge in [0, 0.05) is 13.1 Å². The molecule has 2 rings (SSSR count). The second-order valence-corrected chi connectivity index (χ2v) is 4.81. The molecule has 0 spiro atoms. The number of rotatable bonds is 3. The summed E-state index contributed by atoms with van der Waals surface area (Å²) in [5.74, 6) is 0.301. The summed E-state index contributed by atoms with van der Waals surface area (Å²) in [5, 5.41) is 10.1. The topological polar surface area (TPSA) is 71.0 Å². The molecule has 1 atom stereocenters. The average Bonchev–Trinajstić information content (AvgIpc) is 2.86. The molecule has 1 aliphatic rings. The van der Waals surface area contributed by atoms with E-state index in [0.29, 0.717) is 0 Å². The number of hydrogen-bond donors (Lipinski definition) is 1. The lowest BCUT2D eigenvalue weighted by atomic mass is 10.3. The monoisotopic (exact) mass is 289 g/mol. The lowest BCUT2D eigenvalue weighted by molar-refractivity contribution is -0.130. The Morgan fingerprint density at radius 3 is 2.67 bits per heavy atom. The molecular weight excluding hydrogens is 277 g/mol. The van der Waals surface area contributed by atoms with Crippen LogP contribution in [-0.2, 0) is 4.79 Å². The number of likely N-dealkylation sites (tertiary alicyclic amines) is 1. The van der Waals surface area contributed by atoms with Crippen molar-refractivity contribution in [1.82, 2.24) is 20.1 Å². The number of nitrogens with zero attached hydrogens (tertiary/aromatic N) is 4. The normalized spacial score (nSPS) is 16.7. The van der Waals surface area contributed by atoms with Crippen molar-refractivity contribution < 1.29 is 4.79 Å². The van der Waals surface area contributed by atoms with Gasteiger partial charge < -0.3 is 10.2 Å². The van der Waals surface area contributed by atoms with Gasteiger partial charge in [0.15, 0.2) is 11.0 Å². The van der Waals surface area contributed by atoms with Crippen molar-refractivity contribution in [3.05, 3.63) is 10.4 Å². The first kappa shape index (κ1) is 13.3. The molecule has 1 N–H and O–H groups in total. The van der Waals surface area contributed by atoms with Crippen LogP contribution in [0.4, 0.5) is 5.82 Å². The van der Waals surface area contributed by atoms with Gasteiger partial charge in [-0.1, -0.05) is 11.6 Å². The van der Waals surface area contributed by atoms with Crippen LogP contribution >= 0.6 is 23.2 Å². The summed E-state index contributed by atoms with van der Waals surface area (Å²) in [6.45, 7) is 3.37. The minimum Gasteiger partial charge on any atom is -0.356 e. The van der Waals surface area contributed by atoms with E-state index in [1.807, 2.05) is 4.90 Å². The lowest BCUT2D eigenvalue weighted by Crippen LogP contribution is -2.39. The van der Waals surface area contributed by atoms with Crippen LogP contribution in [-0.4, -0.2) is 45.1 Å². The third-order valence-electron chi connectivity index (χ3n) is 2.76. The first-order valence-corrected chi connectivity index (χ1v) is 6.44. The number of aromatic nitrogens is 3. The molecule has 0 saturated carbocycles. The van der Waals surface area contributed by atoms with E-state index in [2.05, 4.69) is 20.5 Å². The van der Waals surface area contributed by atoms with E-state index in [1.54, 1.807) is 6.92 Å². The molecule has 6 nitrogen and oxygen atoms in total. The number of anilines is 1. The number of carbonyl (C=O) groups is 1. The SMILES string of the molecule is CC(Nc1nc(Cl)nnc1Cl)C(=O)N1CCCC1. The second kappa shape index (κ2) is 5.67. The van der Waals surface area contributed by atoms with Gasteiger partial charge in [0.2, 0.25) is 11.2 Å². The minimum absolute atomic E-state index is 0.0114. The number of hydrogen-bond acceptors (Lipinski definition) is 5. The Labute approximate surface area is 115 Å². The standard InChI is InChI=1S/C10H13Cl2N5O/c1-6(9(18)17-4-2-3-5-17)13-8-7(11)15-16-10(12)14-8/h6H,2-5H2,1H3,(H,13,14,16). The molecule has 1 aromatic heterocycles. The molecule has 1 aromatic rings. The zero-order valence-electron chi connectivity index (χ0n) is 9.86. The van der Waals surface area contributed by atoms with E-state index in [-0.39, 0.29) is 22.2 Å².